The highest BCUT2D eigenvalue weighted by atomic mass is 16.5. The highest BCUT2D eigenvalue weighted by Crippen LogP contribution is 2.40. The van der Waals surface area contributed by atoms with Crippen molar-refractivity contribution in [2.75, 3.05) is 26.4 Å². The summed E-state index contributed by atoms with van der Waals surface area (Å²) >= 11 is 0. The molecule has 1 amide bonds. The largest absolute Gasteiger partial charge is 0.507 e. The van der Waals surface area contributed by atoms with Gasteiger partial charge in [-0.05, 0) is 56.0 Å². The van der Waals surface area contributed by atoms with Gasteiger partial charge in [-0.25, -0.2) is 0 Å². The first-order chi connectivity index (χ1) is 16.5. The lowest BCUT2D eigenvalue weighted by molar-refractivity contribution is -0.140. The molecule has 4 rings (SSSR count). The van der Waals surface area contributed by atoms with E-state index in [4.69, 9.17) is 14.2 Å². The van der Waals surface area contributed by atoms with Gasteiger partial charge in [0.1, 0.15) is 17.3 Å². The fraction of sp³-hybridized carbons (Fsp3) is 0.407. The lowest BCUT2D eigenvalue weighted by Crippen LogP contribution is -2.36. The number of ketones is 1. The molecule has 0 radical (unpaired) electrons. The maximum Gasteiger partial charge on any atom is 0.295 e. The third kappa shape index (κ3) is 4.94. The Bertz CT molecular complexity index is 1060. The van der Waals surface area contributed by atoms with Crippen LogP contribution in [0.1, 0.15) is 50.3 Å². The van der Waals surface area contributed by atoms with Crippen LogP contribution in [0.4, 0.5) is 0 Å². The smallest absolute Gasteiger partial charge is 0.295 e. The Kier molecular flexibility index (Phi) is 7.53. The van der Waals surface area contributed by atoms with Crippen molar-refractivity contribution in [3.05, 3.63) is 65.2 Å². The monoisotopic (exact) mass is 465 g/mol. The van der Waals surface area contributed by atoms with Gasteiger partial charge < -0.3 is 24.2 Å². The zero-order chi connectivity index (χ0) is 24.1. The molecule has 0 saturated carbocycles. The number of aliphatic hydroxyl groups is 1. The predicted molar refractivity (Wildman–Crippen MR) is 128 cm³/mol. The van der Waals surface area contributed by atoms with Gasteiger partial charge in [0.05, 0.1) is 30.9 Å². The van der Waals surface area contributed by atoms with Crippen LogP contribution in [-0.2, 0) is 14.3 Å². The van der Waals surface area contributed by atoms with Crippen molar-refractivity contribution < 1.29 is 28.9 Å². The summed E-state index contributed by atoms with van der Waals surface area (Å²) in [6.07, 6.45) is 2.47. The van der Waals surface area contributed by atoms with Gasteiger partial charge in [-0.3, -0.25) is 9.59 Å². The van der Waals surface area contributed by atoms with Crippen LogP contribution in [0.15, 0.2) is 54.1 Å². The van der Waals surface area contributed by atoms with Gasteiger partial charge in [-0.15, -0.1) is 0 Å². The molecule has 2 atom stereocenters. The van der Waals surface area contributed by atoms with E-state index >= 15 is 0 Å². The van der Waals surface area contributed by atoms with Crippen LogP contribution in [0, 0.1) is 0 Å². The van der Waals surface area contributed by atoms with Gasteiger partial charge in [0.15, 0.2) is 0 Å². The fourth-order valence-corrected chi connectivity index (χ4v) is 4.44. The number of amides is 1. The second-order valence-electron chi connectivity index (χ2n) is 8.46. The van der Waals surface area contributed by atoms with Crippen LogP contribution in [0.5, 0.6) is 11.5 Å². The number of rotatable bonds is 9. The molecule has 2 fully saturated rings. The standard InChI is InChI=1S/C27H31NO6/c1-3-14-33-21-8-5-7-19(16-21)25(29)23-24(18-10-12-20(13-11-18)32-4-2)28(27(31)26(23)30)17-22-9-6-15-34-22/h5,7-8,10-13,16,22,24,29H,3-4,6,9,14-15,17H2,1-2H3/b25-23-. The summed E-state index contributed by atoms with van der Waals surface area (Å²) < 4.78 is 17.0. The maximum atomic E-state index is 13.2. The van der Waals surface area contributed by atoms with Crippen LogP contribution in [0.3, 0.4) is 0 Å². The zero-order valence-corrected chi connectivity index (χ0v) is 19.7. The number of hydrogen-bond donors (Lipinski definition) is 1. The first kappa shape index (κ1) is 23.8. The summed E-state index contributed by atoms with van der Waals surface area (Å²) in [6, 6.07) is 13.5. The average molecular weight is 466 g/mol. The number of carbonyl (C=O) groups excluding carboxylic acids is 2. The van der Waals surface area contributed by atoms with Gasteiger partial charge in [0.2, 0.25) is 0 Å². The molecule has 34 heavy (non-hydrogen) atoms. The molecule has 0 bridgehead atoms. The molecule has 2 heterocycles. The van der Waals surface area contributed by atoms with Gasteiger partial charge >= 0.3 is 0 Å². The summed E-state index contributed by atoms with van der Waals surface area (Å²) in [7, 11) is 0. The Morgan fingerprint density at radius 1 is 1.09 bits per heavy atom. The molecule has 1 N–H and O–H groups in total. The highest BCUT2D eigenvalue weighted by Gasteiger charge is 2.47. The molecule has 2 aromatic carbocycles. The number of hydrogen-bond acceptors (Lipinski definition) is 6. The van der Waals surface area contributed by atoms with Crippen molar-refractivity contribution in [3.63, 3.8) is 0 Å². The molecule has 2 aromatic rings. The Hall–Kier alpha value is -3.32. The van der Waals surface area contributed by atoms with E-state index in [0.29, 0.717) is 43.4 Å². The zero-order valence-electron chi connectivity index (χ0n) is 19.7. The molecule has 2 aliphatic rings. The third-order valence-corrected chi connectivity index (χ3v) is 6.05. The normalized spacial score (nSPS) is 21.8. The average Bonchev–Trinajstić information content (AvgIpc) is 3.46. The molecule has 2 aliphatic heterocycles. The molecule has 0 spiro atoms. The summed E-state index contributed by atoms with van der Waals surface area (Å²) in [5.41, 5.74) is 1.22. The molecular weight excluding hydrogens is 434 g/mol. The third-order valence-electron chi connectivity index (χ3n) is 6.05. The van der Waals surface area contributed by atoms with Crippen LogP contribution in [-0.4, -0.2) is 54.2 Å². The number of benzene rings is 2. The number of likely N-dealkylation sites (tertiary alicyclic amines) is 1. The van der Waals surface area contributed by atoms with Crippen LogP contribution >= 0.6 is 0 Å². The topological polar surface area (TPSA) is 85.3 Å². The Morgan fingerprint density at radius 3 is 2.56 bits per heavy atom. The van der Waals surface area contributed by atoms with E-state index in [2.05, 4.69) is 0 Å². The maximum absolute atomic E-state index is 13.2. The van der Waals surface area contributed by atoms with E-state index < -0.39 is 17.7 Å². The minimum atomic E-state index is -0.722. The van der Waals surface area contributed by atoms with Crippen molar-refractivity contribution in [1.82, 2.24) is 4.90 Å². The fourth-order valence-electron chi connectivity index (χ4n) is 4.44. The lowest BCUT2D eigenvalue weighted by Gasteiger charge is -2.27. The molecule has 7 heteroatoms. The van der Waals surface area contributed by atoms with Gasteiger partial charge in [-0.2, -0.15) is 0 Å². The molecule has 0 aromatic heterocycles. The number of Topliss-reactive ketones (excluding diaryl/α,β-unsaturated/α-hetero) is 1. The van der Waals surface area contributed by atoms with Crippen molar-refractivity contribution >= 4 is 17.4 Å². The molecule has 0 aliphatic carbocycles. The SMILES string of the molecule is CCCOc1cccc(/C(O)=C2/C(=O)C(=O)N(CC3CCCO3)C2c2ccc(OCC)cc2)c1. The number of aliphatic hydroxyl groups excluding tert-OH is 1. The van der Waals surface area contributed by atoms with E-state index in [9.17, 15) is 14.7 Å². The van der Waals surface area contributed by atoms with E-state index in [-0.39, 0.29) is 17.4 Å². The van der Waals surface area contributed by atoms with Crippen LogP contribution < -0.4 is 9.47 Å². The summed E-state index contributed by atoms with van der Waals surface area (Å²) in [5.74, 6) is -0.252. The lowest BCUT2D eigenvalue weighted by atomic mass is 9.95. The highest BCUT2D eigenvalue weighted by molar-refractivity contribution is 6.46. The number of carbonyl (C=O) groups is 2. The number of ether oxygens (including phenoxy) is 3. The molecule has 180 valence electrons. The second kappa shape index (κ2) is 10.7. The molecular formula is C27H31NO6. The first-order valence-corrected chi connectivity index (χ1v) is 11.9. The minimum Gasteiger partial charge on any atom is -0.507 e. The van der Waals surface area contributed by atoms with Crippen molar-refractivity contribution in [3.8, 4) is 11.5 Å². The summed E-state index contributed by atoms with van der Waals surface area (Å²) in [5, 5.41) is 11.3. The second-order valence-corrected chi connectivity index (χ2v) is 8.46. The minimum absolute atomic E-state index is 0.0693. The first-order valence-electron chi connectivity index (χ1n) is 11.9. The van der Waals surface area contributed by atoms with E-state index in [1.807, 2.05) is 38.1 Å². The van der Waals surface area contributed by atoms with Gasteiger partial charge in [-0.1, -0.05) is 31.2 Å². The van der Waals surface area contributed by atoms with E-state index in [1.54, 1.807) is 24.3 Å². The van der Waals surface area contributed by atoms with E-state index in [1.165, 1.54) is 4.90 Å². The van der Waals surface area contributed by atoms with Crippen molar-refractivity contribution in [2.24, 2.45) is 0 Å². The Balaban J connectivity index is 1.76. The predicted octanol–water partition coefficient (Wildman–Crippen LogP) is 4.47. The Morgan fingerprint density at radius 2 is 1.88 bits per heavy atom. The summed E-state index contributed by atoms with van der Waals surface area (Å²) in [4.78, 5) is 27.9. The van der Waals surface area contributed by atoms with Gasteiger partial charge in [0.25, 0.3) is 11.7 Å². The molecule has 7 nitrogen and oxygen atoms in total. The Labute approximate surface area is 199 Å². The van der Waals surface area contributed by atoms with Crippen molar-refractivity contribution in [2.45, 2.75) is 45.3 Å². The van der Waals surface area contributed by atoms with Gasteiger partial charge in [0, 0.05) is 18.7 Å². The molecule has 2 saturated heterocycles. The quantitative estimate of drug-likeness (QED) is 0.334. The van der Waals surface area contributed by atoms with E-state index in [0.717, 1.165) is 24.8 Å². The van der Waals surface area contributed by atoms with Crippen LogP contribution in [0.2, 0.25) is 0 Å². The number of nitrogens with zero attached hydrogens (tertiary/aromatic N) is 1. The summed E-state index contributed by atoms with van der Waals surface area (Å²) in [6.45, 7) is 5.93. The van der Waals surface area contributed by atoms with Crippen LogP contribution in [0.25, 0.3) is 5.76 Å². The molecule has 2 unspecified atom stereocenters. The van der Waals surface area contributed by atoms with Crippen molar-refractivity contribution in [1.29, 1.82) is 0 Å².